The van der Waals surface area contributed by atoms with Gasteiger partial charge in [0.15, 0.2) is 0 Å². The molecule has 0 amide bonds. The highest BCUT2D eigenvalue weighted by Crippen LogP contribution is 2.31. The van der Waals surface area contributed by atoms with Crippen LogP contribution in [0.1, 0.15) is 56.7 Å². The van der Waals surface area contributed by atoms with Gasteiger partial charge in [0.25, 0.3) is 0 Å². The number of rotatable bonds is 7. The second kappa shape index (κ2) is 6.39. The van der Waals surface area contributed by atoms with Gasteiger partial charge in [-0.1, -0.05) is 26.2 Å². The predicted octanol–water partition coefficient (Wildman–Crippen LogP) is 3.57. The van der Waals surface area contributed by atoms with Gasteiger partial charge in [-0.15, -0.1) is 0 Å². The van der Waals surface area contributed by atoms with Crippen molar-refractivity contribution in [3.63, 3.8) is 0 Å². The molecule has 3 nitrogen and oxygen atoms in total. The first kappa shape index (κ1) is 13.6. The van der Waals surface area contributed by atoms with Gasteiger partial charge >= 0.3 is 0 Å². The fraction of sp³-hybridized carbons (Fsp3) is 0.733. The molecule has 3 heteroatoms. The fourth-order valence-electron chi connectivity index (χ4n) is 2.38. The molecule has 2 N–H and O–H groups in total. The number of ether oxygens (including phenoxy) is 1. The van der Waals surface area contributed by atoms with E-state index in [4.69, 9.17) is 14.9 Å². The molecule has 0 saturated heterocycles. The first-order valence-corrected chi connectivity index (χ1v) is 7.14. The molecule has 0 radical (unpaired) electrons. The Labute approximate surface area is 110 Å². The minimum absolute atomic E-state index is 0.0111. The summed E-state index contributed by atoms with van der Waals surface area (Å²) in [5, 5.41) is 0. The summed E-state index contributed by atoms with van der Waals surface area (Å²) < 4.78 is 11.6. The molecule has 0 aromatic carbocycles. The maximum atomic E-state index is 6.14. The van der Waals surface area contributed by atoms with Crippen LogP contribution >= 0.6 is 0 Å². The van der Waals surface area contributed by atoms with E-state index in [1.807, 2.05) is 19.1 Å². The first-order valence-electron chi connectivity index (χ1n) is 7.14. The van der Waals surface area contributed by atoms with Gasteiger partial charge in [0.2, 0.25) is 0 Å². The van der Waals surface area contributed by atoms with Gasteiger partial charge < -0.3 is 14.9 Å². The predicted molar refractivity (Wildman–Crippen MR) is 72.4 cm³/mol. The van der Waals surface area contributed by atoms with E-state index in [0.29, 0.717) is 0 Å². The van der Waals surface area contributed by atoms with Crippen molar-refractivity contribution in [1.82, 2.24) is 0 Å². The number of hydrogen-bond donors (Lipinski definition) is 1. The van der Waals surface area contributed by atoms with Gasteiger partial charge in [-0.25, -0.2) is 0 Å². The van der Waals surface area contributed by atoms with Gasteiger partial charge in [0.05, 0.1) is 0 Å². The van der Waals surface area contributed by atoms with E-state index in [1.54, 1.807) is 0 Å². The van der Waals surface area contributed by atoms with Crippen LogP contribution in [0.15, 0.2) is 16.5 Å². The van der Waals surface area contributed by atoms with Gasteiger partial charge in [-0.3, -0.25) is 0 Å². The molecule has 2 rings (SSSR count). The van der Waals surface area contributed by atoms with E-state index in [2.05, 4.69) is 6.92 Å². The second-order valence-electron chi connectivity index (χ2n) is 5.40. The van der Waals surface area contributed by atoms with Gasteiger partial charge in [-0.2, -0.15) is 0 Å². The molecule has 2 atom stereocenters. The molecular weight excluding hydrogens is 226 g/mol. The second-order valence-corrected chi connectivity index (χ2v) is 5.40. The number of furan rings is 1. The fourth-order valence-corrected chi connectivity index (χ4v) is 2.38. The smallest absolute Gasteiger partial charge is 0.134 e. The molecule has 1 aliphatic carbocycles. The van der Waals surface area contributed by atoms with Crippen molar-refractivity contribution in [3.8, 4) is 0 Å². The van der Waals surface area contributed by atoms with Gasteiger partial charge in [0.1, 0.15) is 17.6 Å². The van der Waals surface area contributed by atoms with Gasteiger partial charge in [-0.05, 0) is 37.8 Å². The Bertz CT molecular complexity index is 357. The SMILES string of the molecule is CCC(N)C(OCCC1CCC1)c1ccc(C)o1. The molecule has 102 valence electrons. The lowest BCUT2D eigenvalue weighted by molar-refractivity contribution is 0.00714. The van der Waals surface area contributed by atoms with Crippen molar-refractivity contribution in [1.29, 1.82) is 0 Å². The van der Waals surface area contributed by atoms with Crippen LogP contribution in [0.2, 0.25) is 0 Å². The van der Waals surface area contributed by atoms with E-state index in [1.165, 1.54) is 19.3 Å². The summed E-state index contributed by atoms with van der Waals surface area (Å²) in [5.41, 5.74) is 6.14. The quantitative estimate of drug-likeness (QED) is 0.806. The Hall–Kier alpha value is -0.800. The summed E-state index contributed by atoms with van der Waals surface area (Å²) in [6.45, 7) is 4.83. The summed E-state index contributed by atoms with van der Waals surface area (Å²) >= 11 is 0. The largest absolute Gasteiger partial charge is 0.464 e. The number of hydrogen-bond acceptors (Lipinski definition) is 3. The van der Waals surface area contributed by atoms with E-state index in [-0.39, 0.29) is 12.1 Å². The lowest BCUT2D eigenvalue weighted by Gasteiger charge is -2.27. The van der Waals surface area contributed by atoms with E-state index >= 15 is 0 Å². The third-order valence-electron chi connectivity index (χ3n) is 3.95. The highest BCUT2D eigenvalue weighted by molar-refractivity contribution is 5.10. The van der Waals surface area contributed by atoms with Crippen LogP contribution in [0.3, 0.4) is 0 Å². The van der Waals surface area contributed by atoms with Crippen LogP contribution in [0.4, 0.5) is 0 Å². The first-order chi connectivity index (χ1) is 8.70. The van der Waals surface area contributed by atoms with Crippen LogP contribution in [-0.4, -0.2) is 12.6 Å². The zero-order valence-corrected chi connectivity index (χ0v) is 11.5. The Morgan fingerprint density at radius 2 is 2.22 bits per heavy atom. The standard InChI is InChI=1S/C15H25NO2/c1-3-13(16)15(14-8-7-11(2)18-14)17-10-9-12-5-4-6-12/h7-8,12-13,15H,3-6,9-10,16H2,1-2H3. The van der Waals surface area contributed by atoms with Crippen LogP contribution in [0, 0.1) is 12.8 Å². The van der Waals surface area contributed by atoms with Crippen molar-refractivity contribution in [2.24, 2.45) is 11.7 Å². The van der Waals surface area contributed by atoms with Crippen molar-refractivity contribution >= 4 is 0 Å². The molecule has 1 aromatic rings. The zero-order chi connectivity index (χ0) is 13.0. The summed E-state index contributed by atoms with van der Waals surface area (Å²) in [6.07, 6.45) is 6.09. The molecular formula is C15H25NO2. The van der Waals surface area contributed by atoms with Crippen LogP contribution in [0.5, 0.6) is 0 Å². The number of nitrogens with two attached hydrogens (primary N) is 1. The summed E-state index contributed by atoms with van der Waals surface area (Å²) in [5.74, 6) is 2.66. The summed E-state index contributed by atoms with van der Waals surface area (Å²) in [6, 6.07) is 3.97. The molecule has 0 bridgehead atoms. The molecule has 1 heterocycles. The highest BCUT2D eigenvalue weighted by Gasteiger charge is 2.24. The molecule has 0 spiro atoms. The number of aryl methyl sites for hydroxylation is 1. The highest BCUT2D eigenvalue weighted by atomic mass is 16.5. The Morgan fingerprint density at radius 1 is 1.44 bits per heavy atom. The molecule has 1 aliphatic rings. The van der Waals surface area contributed by atoms with Crippen LogP contribution in [-0.2, 0) is 4.74 Å². The summed E-state index contributed by atoms with van der Waals surface area (Å²) in [7, 11) is 0. The van der Waals surface area contributed by atoms with Crippen molar-refractivity contribution in [2.75, 3.05) is 6.61 Å². The average molecular weight is 251 g/mol. The molecule has 1 fully saturated rings. The molecule has 1 aromatic heterocycles. The Morgan fingerprint density at radius 3 is 2.72 bits per heavy atom. The Balaban J connectivity index is 1.87. The minimum atomic E-state index is -0.0937. The minimum Gasteiger partial charge on any atom is -0.464 e. The average Bonchev–Trinajstić information content (AvgIpc) is 2.72. The maximum Gasteiger partial charge on any atom is 0.134 e. The third-order valence-corrected chi connectivity index (χ3v) is 3.95. The topological polar surface area (TPSA) is 48.4 Å². The zero-order valence-electron chi connectivity index (χ0n) is 11.5. The molecule has 0 aliphatic heterocycles. The van der Waals surface area contributed by atoms with Gasteiger partial charge in [0, 0.05) is 12.6 Å². The molecule has 1 saturated carbocycles. The van der Waals surface area contributed by atoms with E-state index in [9.17, 15) is 0 Å². The monoisotopic (exact) mass is 251 g/mol. The van der Waals surface area contributed by atoms with Crippen LogP contribution in [0.25, 0.3) is 0 Å². The lowest BCUT2D eigenvalue weighted by atomic mass is 9.83. The maximum absolute atomic E-state index is 6.14. The Kier molecular flexibility index (Phi) is 4.84. The van der Waals surface area contributed by atoms with Crippen molar-refractivity contribution < 1.29 is 9.15 Å². The molecule has 18 heavy (non-hydrogen) atoms. The summed E-state index contributed by atoms with van der Waals surface area (Å²) in [4.78, 5) is 0. The van der Waals surface area contributed by atoms with Crippen molar-refractivity contribution in [2.45, 2.75) is 58.1 Å². The van der Waals surface area contributed by atoms with Crippen molar-refractivity contribution in [3.05, 3.63) is 23.7 Å². The molecule has 2 unspecified atom stereocenters. The van der Waals surface area contributed by atoms with E-state index in [0.717, 1.165) is 36.9 Å². The normalized spacial score (nSPS) is 19.5. The third kappa shape index (κ3) is 3.36. The lowest BCUT2D eigenvalue weighted by Crippen LogP contribution is -2.30. The van der Waals surface area contributed by atoms with Crippen LogP contribution < -0.4 is 5.73 Å². The van der Waals surface area contributed by atoms with E-state index < -0.39 is 0 Å².